The van der Waals surface area contributed by atoms with Crippen molar-refractivity contribution in [1.29, 1.82) is 0 Å². The molecule has 45 heavy (non-hydrogen) atoms. The summed E-state index contributed by atoms with van der Waals surface area (Å²) in [5.41, 5.74) is 5.70. The van der Waals surface area contributed by atoms with Gasteiger partial charge in [0.25, 0.3) is 0 Å². The van der Waals surface area contributed by atoms with Gasteiger partial charge >= 0.3 is 0 Å². The zero-order chi connectivity index (χ0) is 32.1. The van der Waals surface area contributed by atoms with Gasteiger partial charge < -0.3 is 14.5 Å². The van der Waals surface area contributed by atoms with Crippen LogP contribution < -0.4 is 10.1 Å². The monoisotopic (exact) mass is 624 g/mol. The summed E-state index contributed by atoms with van der Waals surface area (Å²) in [6, 6.07) is 22.9. The van der Waals surface area contributed by atoms with Crippen molar-refractivity contribution in [2.24, 2.45) is 17.3 Å². The third kappa shape index (κ3) is 8.29. The average molecular weight is 625 g/mol. The van der Waals surface area contributed by atoms with Crippen molar-refractivity contribution in [1.82, 2.24) is 0 Å². The molecule has 1 heterocycles. The van der Waals surface area contributed by atoms with Crippen molar-refractivity contribution in [3.63, 3.8) is 0 Å². The minimum absolute atomic E-state index is 0.0319. The Bertz CT molecular complexity index is 1390. The molecule has 1 radical (unpaired) electrons. The number of carbonyl (C=O) groups is 1. The third-order valence-electron chi connectivity index (χ3n) is 9.95. The van der Waals surface area contributed by atoms with Gasteiger partial charge in [-0.25, -0.2) is 0 Å². The Labute approximate surface area is 274 Å². The normalized spacial score (nSPS) is 17.0. The number of para-hydroxylation sites is 2. The van der Waals surface area contributed by atoms with Gasteiger partial charge in [0, 0.05) is 29.2 Å². The van der Waals surface area contributed by atoms with Crippen molar-refractivity contribution in [3.05, 3.63) is 89.0 Å². The number of rotatable bonds is 11. The average Bonchev–Trinajstić information content (AvgIpc) is 3.00. The molecule has 241 valence electrons. The maximum atomic E-state index is 13.8. The molecule has 0 bridgehead atoms. The van der Waals surface area contributed by atoms with E-state index in [0.29, 0.717) is 30.3 Å². The predicted octanol–water partition coefficient (Wildman–Crippen LogP) is 10.9. The number of aryl methyl sites for hydroxylation is 1. The maximum absolute atomic E-state index is 13.8. The summed E-state index contributed by atoms with van der Waals surface area (Å²) >= 11 is 0. The lowest BCUT2D eigenvalue weighted by Gasteiger charge is -2.43. The highest BCUT2D eigenvalue weighted by Gasteiger charge is 2.38. The molecule has 1 fully saturated rings. The Balaban J connectivity index is 1.35. The SMILES string of the molecule is CC(C)c1ccc(CCC(C(O[Si](C)C)C2CCCCC2)C(C)(C)C)cc1NC(=O)CC1c2ccccc2Oc2ccccc21. The van der Waals surface area contributed by atoms with Crippen LogP contribution in [0.5, 0.6) is 11.5 Å². The Kier molecular flexibility index (Phi) is 10.9. The predicted molar refractivity (Wildman–Crippen MR) is 189 cm³/mol. The van der Waals surface area contributed by atoms with E-state index < -0.39 is 9.04 Å². The summed E-state index contributed by atoms with van der Waals surface area (Å²) in [5.74, 6) is 3.11. The number of benzene rings is 3. The summed E-state index contributed by atoms with van der Waals surface area (Å²) < 4.78 is 13.0. The van der Waals surface area contributed by atoms with Gasteiger partial charge in [0.05, 0.1) is 6.10 Å². The van der Waals surface area contributed by atoms with Gasteiger partial charge in [-0.3, -0.25) is 4.79 Å². The van der Waals surface area contributed by atoms with Gasteiger partial charge in [0.1, 0.15) is 11.5 Å². The first-order valence-electron chi connectivity index (χ1n) is 17.3. The van der Waals surface area contributed by atoms with Crippen molar-refractivity contribution < 1.29 is 14.0 Å². The molecule has 1 aliphatic heterocycles. The first-order chi connectivity index (χ1) is 21.5. The first-order valence-corrected chi connectivity index (χ1v) is 19.7. The fraction of sp³-hybridized carbons (Fsp3) is 0.525. The number of hydrogen-bond acceptors (Lipinski definition) is 3. The summed E-state index contributed by atoms with van der Waals surface area (Å²) in [7, 11) is -0.807. The quantitative estimate of drug-likeness (QED) is 0.216. The lowest BCUT2D eigenvalue weighted by molar-refractivity contribution is -0.116. The van der Waals surface area contributed by atoms with Gasteiger partial charge in [0.15, 0.2) is 0 Å². The van der Waals surface area contributed by atoms with E-state index in [9.17, 15) is 4.79 Å². The van der Waals surface area contributed by atoms with E-state index >= 15 is 0 Å². The van der Waals surface area contributed by atoms with E-state index in [1.54, 1.807) is 0 Å². The molecule has 1 N–H and O–H groups in total. The molecule has 0 saturated heterocycles. The zero-order valence-electron chi connectivity index (χ0n) is 28.6. The van der Waals surface area contributed by atoms with Crippen molar-refractivity contribution in [2.45, 2.75) is 117 Å². The largest absolute Gasteiger partial charge is 0.457 e. The molecule has 0 spiro atoms. The van der Waals surface area contributed by atoms with Crippen LogP contribution in [0.2, 0.25) is 13.1 Å². The van der Waals surface area contributed by atoms with Crippen LogP contribution in [-0.4, -0.2) is 21.1 Å². The lowest BCUT2D eigenvalue weighted by Crippen LogP contribution is -2.42. The second kappa shape index (κ2) is 14.7. The molecular formula is C40H54NO3Si. The summed E-state index contributed by atoms with van der Waals surface area (Å²) in [6.07, 6.45) is 9.39. The summed E-state index contributed by atoms with van der Waals surface area (Å²) in [4.78, 5) is 13.8. The Hall–Kier alpha value is -2.89. The highest BCUT2D eigenvalue weighted by molar-refractivity contribution is 6.48. The maximum Gasteiger partial charge on any atom is 0.225 e. The topological polar surface area (TPSA) is 47.6 Å². The standard InChI is InChI=1S/C40H54NO3Si/c1-27(2)30-23-21-28(22-24-34(40(3,4)5)39(44-45(6)7)29-15-9-8-10-16-29)25-35(30)41-38(42)26-33-31-17-11-13-19-36(31)43-37-20-14-12-18-32(33)37/h11-14,17-21,23,25,27,29,33-34,39H,8-10,15-16,22,24,26H2,1-7H3,(H,41,42). The molecule has 1 amide bonds. The number of hydrogen-bond donors (Lipinski definition) is 1. The highest BCUT2D eigenvalue weighted by atomic mass is 28.3. The minimum atomic E-state index is -0.807. The Morgan fingerprint density at radius 2 is 1.56 bits per heavy atom. The number of carbonyl (C=O) groups excluding carboxylic acids is 1. The number of fused-ring (bicyclic) bond motifs is 2. The van der Waals surface area contributed by atoms with Crippen molar-refractivity contribution >= 4 is 20.6 Å². The van der Waals surface area contributed by atoms with E-state index in [-0.39, 0.29) is 17.2 Å². The van der Waals surface area contributed by atoms with Crippen LogP contribution in [0.3, 0.4) is 0 Å². The number of anilines is 1. The third-order valence-corrected chi connectivity index (χ3v) is 10.7. The van der Waals surface area contributed by atoms with Crippen LogP contribution in [-0.2, 0) is 15.6 Å². The van der Waals surface area contributed by atoms with E-state index in [0.717, 1.165) is 41.2 Å². The van der Waals surface area contributed by atoms with Gasteiger partial charge in [-0.1, -0.05) is 102 Å². The van der Waals surface area contributed by atoms with Gasteiger partial charge in [-0.2, -0.15) is 0 Å². The van der Waals surface area contributed by atoms with E-state index in [2.05, 4.69) is 83.4 Å². The summed E-state index contributed by atoms with van der Waals surface area (Å²) in [5, 5.41) is 3.36. The fourth-order valence-corrected chi connectivity index (χ4v) is 8.54. The van der Waals surface area contributed by atoms with Crippen LogP contribution in [0.4, 0.5) is 5.69 Å². The van der Waals surface area contributed by atoms with Crippen LogP contribution in [0, 0.1) is 17.3 Å². The molecule has 2 aliphatic rings. The molecule has 2 atom stereocenters. The molecule has 5 rings (SSSR count). The Morgan fingerprint density at radius 3 is 2.13 bits per heavy atom. The van der Waals surface area contributed by atoms with Crippen LogP contribution >= 0.6 is 0 Å². The van der Waals surface area contributed by atoms with E-state index in [4.69, 9.17) is 9.16 Å². The molecular weight excluding hydrogens is 571 g/mol. The minimum Gasteiger partial charge on any atom is -0.457 e. The number of nitrogens with one attached hydrogen (secondary N) is 1. The van der Waals surface area contributed by atoms with Gasteiger partial charge in [-0.15, -0.1) is 0 Å². The van der Waals surface area contributed by atoms with Gasteiger partial charge in [-0.05, 0) is 91.3 Å². The number of amides is 1. The first kappa shape index (κ1) is 33.5. The van der Waals surface area contributed by atoms with E-state index in [1.807, 2.05) is 36.4 Å². The molecule has 3 aromatic rings. The van der Waals surface area contributed by atoms with Gasteiger partial charge in [0.2, 0.25) is 14.9 Å². The van der Waals surface area contributed by atoms with Crippen molar-refractivity contribution in [3.8, 4) is 11.5 Å². The second-order valence-electron chi connectivity index (χ2n) is 15.0. The molecule has 0 aromatic heterocycles. The van der Waals surface area contributed by atoms with Crippen LogP contribution in [0.25, 0.3) is 0 Å². The molecule has 1 saturated carbocycles. The fourth-order valence-electron chi connectivity index (χ4n) is 7.64. The van der Waals surface area contributed by atoms with Crippen molar-refractivity contribution in [2.75, 3.05) is 5.32 Å². The molecule has 5 heteroatoms. The zero-order valence-corrected chi connectivity index (χ0v) is 29.6. The highest BCUT2D eigenvalue weighted by Crippen LogP contribution is 2.46. The molecule has 4 nitrogen and oxygen atoms in total. The van der Waals surface area contributed by atoms with E-state index in [1.165, 1.54) is 43.2 Å². The van der Waals surface area contributed by atoms with Crippen LogP contribution in [0.15, 0.2) is 66.7 Å². The Morgan fingerprint density at radius 1 is 0.933 bits per heavy atom. The smallest absolute Gasteiger partial charge is 0.225 e. The molecule has 1 aliphatic carbocycles. The van der Waals surface area contributed by atoms with Crippen LogP contribution in [0.1, 0.15) is 114 Å². The molecule has 3 aromatic carbocycles. The number of ether oxygens (including phenoxy) is 1. The lowest BCUT2D eigenvalue weighted by atomic mass is 9.69. The molecule has 2 unspecified atom stereocenters. The second-order valence-corrected chi connectivity index (χ2v) is 17.0. The summed E-state index contributed by atoms with van der Waals surface area (Å²) in [6.45, 7) is 16.2.